The molecule has 0 fully saturated rings. The first-order chi connectivity index (χ1) is 12.6. The van der Waals surface area contributed by atoms with Crippen LogP contribution in [0.25, 0.3) is 0 Å². The van der Waals surface area contributed by atoms with Crippen molar-refractivity contribution >= 4 is 11.9 Å². The van der Waals surface area contributed by atoms with Gasteiger partial charge < -0.3 is 25.8 Å². The first-order valence-corrected chi connectivity index (χ1v) is 10.1. The second-order valence-electron chi connectivity index (χ2n) is 8.10. The van der Waals surface area contributed by atoms with Gasteiger partial charge in [0.15, 0.2) is 0 Å². The number of carboxylic acids is 1. The van der Waals surface area contributed by atoms with Gasteiger partial charge in [-0.05, 0) is 72.6 Å². The van der Waals surface area contributed by atoms with Crippen molar-refractivity contribution in [1.82, 2.24) is 16.0 Å². The summed E-state index contributed by atoms with van der Waals surface area (Å²) in [7, 11) is 3.78. The highest BCUT2D eigenvalue weighted by atomic mass is 16.5. The predicted octanol–water partition coefficient (Wildman–Crippen LogP) is 2.16. The van der Waals surface area contributed by atoms with E-state index in [-0.39, 0.29) is 11.5 Å². The summed E-state index contributed by atoms with van der Waals surface area (Å²) >= 11 is 0. The predicted molar refractivity (Wildman–Crippen MR) is 109 cm³/mol. The van der Waals surface area contributed by atoms with Gasteiger partial charge in [0.1, 0.15) is 6.04 Å². The fourth-order valence-electron chi connectivity index (χ4n) is 2.67. The molecule has 0 aliphatic carbocycles. The van der Waals surface area contributed by atoms with Crippen molar-refractivity contribution in [3.8, 4) is 0 Å². The van der Waals surface area contributed by atoms with Crippen LogP contribution in [-0.2, 0) is 14.3 Å². The zero-order valence-corrected chi connectivity index (χ0v) is 18.1. The van der Waals surface area contributed by atoms with E-state index in [1.54, 1.807) is 0 Å². The molecule has 160 valence electrons. The van der Waals surface area contributed by atoms with E-state index in [9.17, 15) is 14.7 Å². The number of hydrogen-bond donors (Lipinski definition) is 4. The molecule has 7 nitrogen and oxygen atoms in total. The van der Waals surface area contributed by atoms with Crippen molar-refractivity contribution in [3.63, 3.8) is 0 Å². The van der Waals surface area contributed by atoms with Gasteiger partial charge in [-0.25, -0.2) is 4.79 Å². The average molecular weight is 388 g/mol. The van der Waals surface area contributed by atoms with E-state index in [2.05, 4.69) is 29.8 Å². The standard InChI is InChI=1S/C20H41N3O4/c1-7-20(4,11-14-22-6)27-15-12-19(2,3)18(26)23-16(17(24)25)10-8-9-13-21-5/h16,21-22H,7-15H2,1-6H3,(H,23,26)(H,24,25). The Labute approximate surface area is 165 Å². The molecule has 0 spiro atoms. The van der Waals surface area contributed by atoms with Gasteiger partial charge >= 0.3 is 5.97 Å². The fraction of sp³-hybridized carbons (Fsp3) is 0.900. The molecule has 0 bridgehead atoms. The molecule has 1 amide bonds. The lowest BCUT2D eigenvalue weighted by molar-refractivity contribution is -0.144. The largest absolute Gasteiger partial charge is 0.480 e. The summed E-state index contributed by atoms with van der Waals surface area (Å²) in [6.07, 6.45) is 4.42. The average Bonchev–Trinajstić information content (AvgIpc) is 2.61. The maximum Gasteiger partial charge on any atom is 0.326 e. The van der Waals surface area contributed by atoms with Crippen LogP contribution in [0.2, 0.25) is 0 Å². The van der Waals surface area contributed by atoms with Crippen LogP contribution in [0.1, 0.15) is 66.2 Å². The van der Waals surface area contributed by atoms with Crippen molar-refractivity contribution in [2.24, 2.45) is 5.41 Å². The summed E-state index contributed by atoms with van der Waals surface area (Å²) in [4.78, 5) is 24.1. The number of rotatable bonds is 16. The van der Waals surface area contributed by atoms with Gasteiger partial charge in [0.25, 0.3) is 0 Å². The molecule has 0 radical (unpaired) electrons. The number of ether oxygens (including phenoxy) is 1. The molecule has 7 heteroatoms. The Balaban J connectivity index is 4.56. The van der Waals surface area contributed by atoms with Crippen LogP contribution in [-0.4, -0.2) is 62.4 Å². The van der Waals surface area contributed by atoms with Crippen molar-refractivity contribution in [2.45, 2.75) is 77.9 Å². The highest BCUT2D eigenvalue weighted by Gasteiger charge is 2.32. The summed E-state index contributed by atoms with van der Waals surface area (Å²) in [5.41, 5.74) is -0.900. The van der Waals surface area contributed by atoms with Gasteiger partial charge in [-0.15, -0.1) is 0 Å². The van der Waals surface area contributed by atoms with Gasteiger partial charge in [-0.1, -0.05) is 20.8 Å². The number of carbonyl (C=O) groups is 2. The van der Waals surface area contributed by atoms with E-state index in [1.165, 1.54) is 0 Å². The van der Waals surface area contributed by atoms with Crippen molar-refractivity contribution < 1.29 is 19.4 Å². The minimum atomic E-state index is -0.981. The third kappa shape index (κ3) is 10.7. The maximum atomic E-state index is 12.6. The van der Waals surface area contributed by atoms with Gasteiger partial charge in [0.05, 0.1) is 5.60 Å². The van der Waals surface area contributed by atoms with Gasteiger partial charge in [-0.2, -0.15) is 0 Å². The maximum absolute atomic E-state index is 12.6. The number of nitrogens with one attached hydrogen (secondary N) is 3. The molecule has 0 rings (SSSR count). The first-order valence-electron chi connectivity index (χ1n) is 10.1. The third-order valence-electron chi connectivity index (χ3n) is 5.22. The molecule has 2 unspecified atom stereocenters. The van der Waals surface area contributed by atoms with Crippen molar-refractivity contribution in [3.05, 3.63) is 0 Å². The van der Waals surface area contributed by atoms with Crippen LogP contribution in [0.3, 0.4) is 0 Å². The minimum Gasteiger partial charge on any atom is -0.480 e. The molecule has 0 heterocycles. The van der Waals surface area contributed by atoms with Crippen LogP contribution >= 0.6 is 0 Å². The highest BCUT2D eigenvalue weighted by molar-refractivity contribution is 5.86. The molecule has 0 aromatic carbocycles. The molecule has 0 saturated heterocycles. The van der Waals surface area contributed by atoms with E-state index in [1.807, 2.05) is 27.9 Å². The summed E-state index contributed by atoms with van der Waals surface area (Å²) in [5, 5.41) is 18.3. The van der Waals surface area contributed by atoms with Crippen LogP contribution in [0.15, 0.2) is 0 Å². The number of unbranched alkanes of at least 4 members (excludes halogenated alkanes) is 1. The number of carbonyl (C=O) groups excluding carboxylic acids is 1. The lowest BCUT2D eigenvalue weighted by Gasteiger charge is -2.31. The van der Waals surface area contributed by atoms with E-state index < -0.39 is 17.4 Å². The Morgan fingerprint density at radius 3 is 2.19 bits per heavy atom. The fourth-order valence-corrected chi connectivity index (χ4v) is 2.67. The van der Waals surface area contributed by atoms with Gasteiger partial charge in [0, 0.05) is 12.0 Å². The Morgan fingerprint density at radius 1 is 1.04 bits per heavy atom. The SMILES string of the molecule is CCC(C)(CCNC)OCCC(C)(C)C(=O)NC(CCCCNC)C(=O)O. The minimum absolute atomic E-state index is 0.216. The zero-order chi connectivity index (χ0) is 20.9. The Hall–Kier alpha value is -1.18. The second kappa shape index (κ2) is 13.1. The monoisotopic (exact) mass is 387 g/mol. The number of amides is 1. The van der Waals surface area contributed by atoms with Crippen LogP contribution < -0.4 is 16.0 Å². The van der Waals surface area contributed by atoms with Crippen LogP contribution in [0, 0.1) is 5.41 Å². The van der Waals surface area contributed by atoms with Crippen molar-refractivity contribution in [1.29, 1.82) is 0 Å². The quantitative estimate of drug-likeness (QED) is 0.303. The molecule has 0 aromatic rings. The Bertz CT molecular complexity index is 443. The Kier molecular flexibility index (Phi) is 12.5. The number of hydrogen-bond acceptors (Lipinski definition) is 5. The van der Waals surface area contributed by atoms with Gasteiger partial charge in [-0.3, -0.25) is 4.79 Å². The lowest BCUT2D eigenvalue weighted by atomic mass is 9.88. The molecule has 0 aliphatic heterocycles. The molecule has 0 aromatic heterocycles. The smallest absolute Gasteiger partial charge is 0.326 e. The molecular formula is C20H41N3O4. The summed E-state index contributed by atoms with van der Waals surface area (Å²) < 4.78 is 6.07. The van der Waals surface area contributed by atoms with E-state index >= 15 is 0 Å². The lowest BCUT2D eigenvalue weighted by Crippen LogP contribution is -2.47. The van der Waals surface area contributed by atoms with E-state index in [4.69, 9.17) is 4.74 Å². The summed E-state index contributed by atoms with van der Waals surface area (Å²) in [6.45, 7) is 10.0. The number of aliphatic carboxylic acids is 1. The molecule has 2 atom stereocenters. The molecule has 4 N–H and O–H groups in total. The van der Waals surface area contributed by atoms with E-state index in [0.717, 1.165) is 38.8 Å². The zero-order valence-electron chi connectivity index (χ0n) is 18.1. The third-order valence-corrected chi connectivity index (χ3v) is 5.22. The first kappa shape index (κ1) is 25.8. The highest BCUT2D eigenvalue weighted by Crippen LogP contribution is 2.25. The van der Waals surface area contributed by atoms with Crippen molar-refractivity contribution in [2.75, 3.05) is 33.8 Å². The molecule has 0 aliphatic rings. The van der Waals surface area contributed by atoms with Crippen LogP contribution in [0.5, 0.6) is 0 Å². The molecule has 27 heavy (non-hydrogen) atoms. The summed E-state index contributed by atoms with van der Waals surface area (Å²) in [5.74, 6) is -1.22. The van der Waals surface area contributed by atoms with Gasteiger partial charge in [0.2, 0.25) is 5.91 Å². The molecule has 0 saturated carbocycles. The second-order valence-corrected chi connectivity index (χ2v) is 8.10. The number of carboxylic acid groups (broad SMARTS) is 1. The normalized spacial score (nSPS) is 15.2. The Morgan fingerprint density at radius 2 is 1.67 bits per heavy atom. The topological polar surface area (TPSA) is 99.7 Å². The van der Waals surface area contributed by atoms with E-state index in [0.29, 0.717) is 19.4 Å². The summed E-state index contributed by atoms with van der Waals surface area (Å²) in [6, 6.07) is -0.842. The molecular weight excluding hydrogens is 346 g/mol. The van der Waals surface area contributed by atoms with Crippen LogP contribution in [0.4, 0.5) is 0 Å².